The Balaban J connectivity index is 1.22. The highest BCUT2D eigenvalue weighted by molar-refractivity contribution is 6.05. The molecular weight excluding hydrogens is 338 g/mol. The van der Waals surface area contributed by atoms with E-state index >= 15 is 0 Å². The molecule has 1 aromatic carbocycles. The van der Waals surface area contributed by atoms with Crippen LogP contribution in [-0.2, 0) is 0 Å². The van der Waals surface area contributed by atoms with E-state index in [1.807, 2.05) is 6.07 Å². The third-order valence-electron chi connectivity index (χ3n) is 7.75. The summed E-state index contributed by atoms with van der Waals surface area (Å²) in [6, 6.07) is 7.03. The number of carbonyl (C=O) groups excluding carboxylic acids is 1. The second kappa shape index (κ2) is 5.71. The number of rotatable bonds is 4. The highest BCUT2D eigenvalue weighted by atomic mass is 16.2. The summed E-state index contributed by atoms with van der Waals surface area (Å²) in [6.07, 6.45) is 8.95. The molecule has 1 aromatic heterocycles. The summed E-state index contributed by atoms with van der Waals surface area (Å²) in [5.74, 6) is 0.605. The first-order valence-corrected chi connectivity index (χ1v) is 10.5. The van der Waals surface area contributed by atoms with Gasteiger partial charge in [-0.1, -0.05) is 12.8 Å². The first-order valence-electron chi connectivity index (χ1n) is 10.5. The van der Waals surface area contributed by atoms with Crippen LogP contribution in [-0.4, -0.2) is 51.7 Å². The van der Waals surface area contributed by atoms with Crippen LogP contribution in [0.2, 0.25) is 0 Å². The molecule has 0 bridgehead atoms. The number of fused-ring (bicyclic) bond motifs is 1. The number of nitrogens with one attached hydrogen (secondary N) is 3. The highest BCUT2D eigenvalue weighted by Crippen LogP contribution is 2.57. The lowest BCUT2D eigenvalue weighted by Gasteiger charge is -2.58. The van der Waals surface area contributed by atoms with E-state index in [4.69, 9.17) is 0 Å². The average molecular weight is 365 g/mol. The monoisotopic (exact) mass is 365 g/mol. The zero-order chi connectivity index (χ0) is 18.0. The maximum absolute atomic E-state index is 13.0. The fourth-order valence-corrected chi connectivity index (χ4v) is 6.08. The maximum atomic E-state index is 13.0. The van der Waals surface area contributed by atoms with E-state index in [1.165, 1.54) is 51.5 Å². The quantitative estimate of drug-likeness (QED) is 0.779. The normalized spacial score (nSPS) is 32.6. The maximum Gasteiger partial charge on any atom is 0.272 e. The van der Waals surface area contributed by atoms with Gasteiger partial charge in [-0.3, -0.25) is 14.8 Å². The Morgan fingerprint density at radius 2 is 2.11 bits per heavy atom. The molecule has 4 fully saturated rings. The smallest absolute Gasteiger partial charge is 0.272 e. The van der Waals surface area contributed by atoms with Crippen LogP contribution in [0, 0.1) is 5.92 Å². The van der Waals surface area contributed by atoms with Crippen LogP contribution in [0.5, 0.6) is 0 Å². The van der Waals surface area contributed by atoms with Gasteiger partial charge in [0.1, 0.15) is 0 Å². The van der Waals surface area contributed by atoms with E-state index in [0.29, 0.717) is 23.2 Å². The third-order valence-corrected chi connectivity index (χ3v) is 7.75. The van der Waals surface area contributed by atoms with Gasteiger partial charge >= 0.3 is 0 Å². The van der Waals surface area contributed by atoms with Crippen molar-refractivity contribution in [3.63, 3.8) is 0 Å². The topological polar surface area (TPSA) is 73.0 Å². The largest absolute Gasteiger partial charge is 0.382 e. The molecule has 1 spiro atoms. The minimum Gasteiger partial charge on any atom is -0.382 e. The summed E-state index contributed by atoms with van der Waals surface area (Å²) in [6.45, 7) is 2.21. The van der Waals surface area contributed by atoms with Gasteiger partial charge in [0.15, 0.2) is 5.69 Å². The second-order valence-electron chi connectivity index (χ2n) is 8.98. The van der Waals surface area contributed by atoms with Gasteiger partial charge in [0.2, 0.25) is 0 Å². The summed E-state index contributed by atoms with van der Waals surface area (Å²) in [5, 5.41) is 15.2. The molecule has 2 saturated heterocycles. The molecule has 6 nitrogen and oxygen atoms in total. The van der Waals surface area contributed by atoms with Crippen molar-refractivity contribution >= 4 is 22.5 Å². The van der Waals surface area contributed by atoms with Crippen LogP contribution in [0.25, 0.3) is 10.9 Å². The lowest BCUT2D eigenvalue weighted by atomic mass is 9.61. The summed E-state index contributed by atoms with van der Waals surface area (Å²) < 4.78 is 0. The van der Waals surface area contributed by atoms with Crippen molar-refractivity contribution in [2.24, 2.45) is 5.92 Å². The van der Waals surface area contributed by atoms with Gasteiger partial charge in [0, 0.05) is 41.8 Å². The lowest BCUT2D eigenvalue weighted by molar-refractivity contribution is -0.0676. The molecule has 142 valence electrons. The van der Waals surface area contributed by atoms with Crippen LogP contribution in [0.15, 0.2) is 18.2 Å². The summed E-state index contributed by atoms with van der Waals surface area (Å²) in [7, 11) is 0. The van der Waals surface area contributed by atoms with Crippen molar-refractivity contribution in [1.29, 1.82) is 0 Å². The summed E-state index contributed by atoms with van der Waals surface area (Å²) in [4.78, 5) is 15.6. The highest BCUT2D eigenvalue weighted by Gasteiger charge is 2.63. The Hall–Kier alpha value is -2.08. The van der Waals surface area contributed by atoms with Gasteiger partial charge in [-0.25, -0.2) is 0 Å². The minimum atomic E-state index is -0.0335. The molecule has 2 saturated carbocycles. The fraction of sp³-hybridized carbons (Fsp3) is 0.619. The van der Waals surface area contributed by atoms with E-state index in [1.54, 1.807) is 0 Å². The zero-order valence-corrected chi connectivity index (χ0v) is 15.6. The average Bonchev–Trinajstić information content (AvgIpc) is 3.29. The molecule has 6 heteroatoms. The Morgan fingerprint density at radius 1 is 1.22 bits per heavy atom. The van der Waals surface area contributed by atoms with E-state index < -0.39 is 0 Å². The number of nitrogens with zero attached hydrogens (tertiary/aromatic N) is 2. The van der Waals surface area contributed by atoms with Gasteiger partial charge in [-0.15, -0.1) is 0 Å². The fourth-order valence-electron chi connectivity index (χ4n) is 6.08. The third kappa shape index (κ3) is 2.29. The van der Waals surface area contributed by atoms with Crippen molar-refractivity contribution in [2.75, 3.05) is 18.4 Å². The Bertz CT molecular complexity index is 897. The zero-order valence-electron chi connectivity index (χ0n) is 15.6. The predicted molar refractivity (Wildman–Crippen MR) is 105 cm³/mol. The Kier molecular flexibility index (Phi) is 3.37. The predicted octanol–water partition coefficient (Wildman–Crippen LogP) is 2.88. The molecule has 2 aromatic rings. The van der Waals surface area contributed by atoms with Crippen LogP contribution >= 0.6 is 0 Å². The van der Waals surface area contributed by atoms with Gasteiger partial charge in [-0.05, 0) is 56.2 Å². The molecule has 3 N–H and O–H groups in total. The lowest BCUT2D eigenvalue weighted by Crippen LogP contribution is -2.64. The van der Waals surface area contributed by atoms with Gasteiger partial charge in [0.25, 0.3) is 5.91 Å². The second-order valence-corrected chi connectivity index (χ2v) is 8.98. The number of H-pyrrole nitrogens is 1. The number of benzene rings is 1. The van der Waals surface area contributed by atoms with Crippen LogP contribution in [0.3, 0.4) is 0 Å². The molecule has 3 atom stereocenters. The Labute approximate surface area is 159 Å². The molecule has 3 heterocycles. The van der Waals surface area contributed by atoms with E-state index in [2.05, 4.69) is 37.9 Å². The number of carbonyl (C=O) groups is 1. The van der Waals surface area contributed by atoms with Crippen LogP contribution in [0.1, 0.15) is 55.4 Å². The molecule has 1 amide bonds. The molecule has 4 aliphatic rings. The molecule has 6 rings (SSSR count). The molecule has 2 aliphatic carbocycles. The summed E-state index contributed by atoms with van der Waals surface area (Å²) in [5.41, 5.74) is 2.98. The van der Waals surface area contributed by atoms with Crippen LogP contribution < -0.4 is 10.6 Å². The van der Waals surface area contributed by atoms with Crippen molar-refractivity contribution in [1.82, 2.24) is 20.4 Å². The van der Waals surface area contributed by atoms with E-state index in [-0.39, 0.29) is 11.9 Å². The molecular formula is C21H27N5O. The van der Waals surface area contributed by atoms with E-state index in [0.717, 1.165) is 23.1 Å². The molecule has 2 unspecified atom stereocenters. The molecule has 0 radical (unpaired) electrons. The number of amides is 1. The van der Waals surface area contributed by atoms with Gasteiger partial charge < -0.3 is 10.6 Å². The van der Waals surface area contributed by atoms with Crippen LogP contribution in [0.4, 0.5) is 5.69 Å². The number of hydrogen-bond donors (Lipinski definition) is 3. The van der Waals surface area contributed by atoms with Crippen molar-refractivity contribution in [2.45, 2.75) is 62.6 Å². The van der Waals surface area contributed by atoms with E-state index in [9.17, 15) is 4.79 Å². The van der Waals surface area contributed by atoms with Crippen molar-refractivity contribution in [3.05, 3.63) is 23.9 Å². The number of aromatic amines is 1. The first-order chi connectivity index (χ1) is 13.2. The standard InChI is InChI=1S/C21H27N5O/c27-20(23-18-12-26-10-9-21(26)8-7-16(18)21)19-15-11-14(5-6-17(15)24-25-19)22-13-3-1-2-4-13/h5-6,11,13,16,18,22H,1-4,7-10,12H2,(H,23,27)(H,24,25)/t16?,18-,21?/m1/s1. The molecule has 2 aliphatic heterocycles. The van der Waals surface area contributed by atoms with Crippen molar-refractivity contribution < 1.29 is 4.79 Å². The van der Waals surface area contributed by atoms with Gasteiger partial charge in [-0.2, -0.15) is 5.10 Å². The number of hydrogen-bond acceptors (Lipinski definition) is 4. The molecule has 27 heavy (non-hydrogen) atoms. The summed E-state index contributed by atoms with van der Waals surface area (Å²) >= 11 is 0. The number of anilines is 1. The first kappa shape index (κ1) is 15.9. The SMILES string of the molecule is O=C(N[C@@H]1CN2CCC23CCC13)c1n[nH]c2ccc(NC3CCCC3)cc12. The number of aromatic nitrogens is 2. The Morgan fingerprint density at radius 3 is 2.81 bits per heavy atom. The minimum absolute atomic E-state index is 0.0335. The van der Waals surface area contributed by atoms with Crippen molar-refractivity contribution in [3.8, 4) is 0 Å². The van der Waals surface area contributed by atoms with Gasteiger partial charge in [0.05, 0.1) is 5.52 Å².